The number of aromatic nitrogens is 3. The van der Waals surface area contributed by atoms with E-state index in [1.54, 1.807) is 11.3 Å². The molecule has 0 radical (unpaired) electrons. The van der Waals surface area contributed by atoms with Gasteiger partial charge in [-0.25, -0.2) is 9.97 Å². The summed E-state index contributed by atoms with van der Waals surface area (Å²) in [5.74, 6) is 0.647. The van der Waals surface area contributed by atoms with E-state index in [9.17, 15) is 0 Å². The molecule has 0 aliphatic rings. The number of para-hydroxylation sites is 1. The van der Waals surface area contributed by atoms with Gasteiger partial charge in [0.1, 0.15) is 11.2 Å². The van der Waals surface area contributed by atoms with Crippen LogP contribution in [0.25, 0.3) is 103 Å². The van der Waals surface area contributed by atoms with Gasteiger partial charge in [0.15, 0.2) is 0 Å². The van der Waals surface area contributed by atoms with Gasteiger partial charge in [-0.2, -0.15) is 0 Å². The average Bonchev–Trinajstić information content (AvgIpc) is 3.84. The second-order valence-electron chi connectivity index (χ2n) is 12.5. The summed E-state index contributed by atoms with van der Waals surface area (Å²) in [6, 6.07) is 53.4. The predicted molar refractivity (Wildman–Crippen MR) is 205 cm³/mol. The molecule has 0 spiro atoms. The molecule has 0 fully saturated rings. The van der Waals surface area contributed by atoms with E-state index < -0.39 is 0 Å². The van der Waals surface area contributed by atoms with Crippen LogP contribution < -0.4 is 0 Å². The lowest BCUT2D eigenvalue weighted by molar-refractivity contribution is 0.673. The number of nitrogens with zero attached hydrogens (tertiary/aromatic N) is 3. The van der Waals surface area contributed by atoms with Crippen molar-refractivity contribution in [2.24, 2.45) is 0 Å². The van der Waals surface area contributed by atoms with E-state index >= 15 is 0 Å². The molecule has 0 aliphatic carbocycles. The van der Waals surface area contributed by atoms with Crippen molar-refractivity contribution in [3.8, 4) is 28.3 Å². The van der Waals surface area contributed by atoms with Gasteiger partial charge in [-0.05, 0) is 52.2 Å². The van der Waals surface area contributed by atoms with Gasteiger partial charge in [-0.3, -0.25) is 4.57 Å². The molecule has 5 heteroatoms. The average molecular weight is 644 g/mol. The van der Waals surface area contributed by atoms with E-state index in [4.69, 9.17) is 14.4 Å². The molecule has 49 heavy (non-hydrogen) atoms. The highest BCUT2D eigenvalue weighted by molar-refractivity contribution is 7.26. The van der Waals surface area contributed by atoms with Gasteiger partial charge in [0.05, 0.1) is 32.3 Å². The van der Waals surface area contributed by atoms with Gasteiger partial charge in [-0.1, -0.05) is 121 Å². The number of rotatable bonds is 3. The Kier molecular flexibility index (Phi) is 5.51. The zero-order chi connectivity index (χ0) is 32.1. The van der Waals surface area contributed by atoms with Crippen molar-refractivity contribution < 1.29 is 4.42 Å². The van der Waals surface area contributed by atoms with Crippen molar-refractivity contribution >= 4 is 86.2 Å². The minimum atomic E-state index is 0.647. The van der Waals surface area contributed by atoms with Crippen LogP contribution in [0.1, 0.15) is 0 Å². The Labute approximate surface area is 284 Å². The minimum Gasteiger partial charge on any atom is -0.455 e. The summed E-state index contributed by atoms with van der Waals surface area (Å²) in [5.41, 5.74) is 9.14. The lowest BCUT2D eigenvalue weighted by atomic mass is 9.95. The SMILES string of the molecule is c1ccc(-c2cc3oc4c(ccc5c4c4ccccc4n5-c4nc(-c5ccccc5)c5sc6ccccc6c5n4)c3c3ccccc23)cc1. The quantitative estimate of drug-likeness (QED) is 0.192. The molecule has 0 saturated carbocycles. The van der Waals surface area contributed by atoms with E-state index in [0.717, 1.165) is 70.6 Å². The lowest BCUT2D eigenvalue weighted by Crippen LogP contribution is -2.02. The third-order valence-electron chi connectivity index (χ3n) is 9.82. The van der Waals surface area contributed by atoms with Crippen molar-refractivity contribution in [1.29, 1.82) is 0 Å². The summed E-state index contributed by atoms with van der Waals surface area (Å²) in [6.45, 7) is 0. The first-order chi connectivity index (χ1) is 24.3. The Morgan fingerprint density at radius 2 is 1.18 bits per heavy atom. The van der Waals surface area contributed by atoms with Crippen LogP contribution >= 0.6 is 11.3 Å². The topological polar surface area (TPSA) is 43.9 Å². The van der Waals surface area contributed by atoms with Crippen LogP contribution in [-0.4, -0.2) is 14.5 Å². The van der Waals surface area contributed by atoms with Gasteiger partial charge < -0.3 is 4.42 Å². The highest BCUT2D eigenvalue weighted by atomic mass is 32.1. The monoisotopic (exact) mass is 643 g/mol. The fraction of sp³-hybridized carbons (Fsp3) is 0. The zero-order valence-electron chi connectivity index (χ0n) is 26.1. The first-order valence-electron chi connectivity index (χ1n) is 16.4. The molecular weight excluding hydrogens is 619 g/mol. The Bertz CT molecular complexity index is 3100. The zero-order valence-corrected chi connectivity index (χ0v) is 26.9. The maximum absolute atomic E-state index is 6.95. The lowest BCUT2D eigenvalue weighted by Gasteiger charge is -2.10. The highest BCUT2D eigenvalue weighted by Gasteiger charge is 2.23. The molecular formula is C44H25N3OS. The van der Waals surface area contributed by atoms with Gasteiger partial charge in [0.25, 0.3) is 0 Å². The van der Waals surface area contributed by atoms with Crippen molar-refractivity contribution in [1.82, 2.24) is 14.5 Å². The summed E-state index contributed by atoms with van der Waals surface area (Å²) < 4.78 is 11.5. The Hall–Kier alpha value is -6.30. The molecule has 0 aliphatic heterocycles. The molecule has 0 bridgehead atoms. The third kappa shape index (κ3) is 3.79. The summed E-state index contributed by atoms with van der Waals surface area (Å²) in [6.07, 6.45) is 0. The van der Waals surface area contributed by atoms with Gasteiger partial charge in [-0.15, -0.1) is 11.3 Å². The highest BCUT2D eigenvalue weighted by Crippen LogP contribution is 2.45. The first-order valence-corrected chi connectivity index (χ1v) is 17.2. The normalized spacial score (nSPS) is 12.1. The molecule has 0 unspecified atom stereocenters. The van der Waals surface area contributed by atoms with Gasteiger partial charge in [0.2, 0.25) is 5.95 Å². The summed E-state index contributed by atoms with van der Waals surface area (Å²) in [4.78, 5) is 10.7. The number of benzene rings is 7. The summed E-state index contributed by atoms with van der Waals surface area (Å²) in [5, 5.41) is 7.95. The molecule has 11 rings (SSSR count). The molecule has 0 atom stereocenters. The van der Waals surface area contributed by atoms with E-state index in [-0.39, 0.29) is 0 Å². The van der Waals surface area contributed by atoms with Crippen LogP contribution in [0, 0.1) is 0 Å². The van der Waals surface area contributed by atoms with E-state index in [1.165, 1.54) is 26.6 Å². The van der Waals surface area contributed by atoms with Gasteiger partial charge in [0, 0.05) is 31.8 Å². The Balaban J connectivity index is 1.26. The number of hydrogen-bond acceptors (Lipinski definition) is 4. The molecule has 4 heterocycles. The summed E-state index contributed by atoms with van der Waals surface area (Å²) in [7, 11) is 0. The van der Waals surface area contributed by atoms with Crippen molar-refractivity contribution in [2.75, 3.05) is 0 Å². The molecule has 0 amide bonds. The van der Waals surface area contributed by atoms with E-state index in [1.807, 2.05) is 6.07 Å². The van der Waals surface area contributed by atoms with Crippen LogP contribution in [0.2, 0.25) is 0 Å². The van der Waals surface area contributed by atoms with Crippen LogP contribution in [-0.2, 0) is 0 Å². The smallest absolute Gasteiger partial charge is 0.235 e. The second kappa shape index (κ2) is 10.1. The maximum atomic E-state index is 6.95. The van der Waals surface area contributed by atoms with Crippen LogP contribution in [0.15, 0.2) is 156 Å². The van der Waals surface area contributed by atoms with Crippen LogP contribution in [0.5, 0.6) is 0 Å². The number of thiophene rings is 1. The maximum Gasteiger partial charge on any atom is 0.235 e. The molecule has 0 saturated heterocycles. The minimum absolute atomic E-state index is 0.647. The van der Waals surface area contributed by atoms with Crippen molar-refractivity contribution in [3.05, 3.63) is 152 Å². The Morgan fingerprint density at radius 3 is 2.00 bits per heavy atom. The molecule has 7 aromatic carbocycles. The molecule has 0 N–H and O–H groups in total. The fourth-order valence-electron chi connectivity index (χ4n) is 7.69. The third-order valence-corrected chi connectivity index (χ3v) is 11.0. The van der Waals surface area contributed by atoms with Crippen LogP contribution in [0.4, 0.5) is 0 Å². The molecule has 11 aromatic rings. The second-order valence-corrected chi connectivity index (χ2v) is 13.6. The summed E-state index contributed by atoms with van der Waals surface area (Å²) >= 11 is 1.75. The number of hydrogen-bond donors (Lipinski definition) is 0. The van der Waals surface area contributed by atoms with Crippen molar-refractivity contribution in [3.63, 3.8) is 0 Å². The van der Waals surface area contributed by atoms with E-state index in [0.29, 0.717) is 5.95 Å². The largest absolute Gasteiger partial charge is 0.455 e. The number of fused-ring (bicyclic) bond motifs is 12. The van der Waals surface area contributed by atoms with E-state index in [2.05, 4.69) is 150 Å². The predicted octanol–water partition coefficient (Wildman–Crippen LogP) is 12.3. The molecule has 228 valence electrons. The molecule has 4 nitrogen and oxygen atoms in total. The number of furan rings is 1. The Morgan fingerprint density at radius 1 is 0.510 bits per heavy atom. The molecule has 4 aromatic heterocycles. The fourth-order valence-corrected chi connectivity index (χ4v) is 8.85. The van der Waals surface area contributed by atoms with Crippen LogP contribution in [0.3, 0.4) is 0 Å². The van der Waals surface area contributed by atoms with Crippen molar-refractivity contribution in [2.45, 2.75) is 0 Å². The van der Waals surface area contributed by atoms with Gasteiger partial charge >= 0.3 is 0 Å². The standard InChI is InChI=1S/C44H25N3OS/c1-3-13-26(14-4-1)33-25-36-38(29-18-8-7-17-28(29)33)32-23-24-35-39(42(32)48-36)30-19-9-11-21-34(30)47(35)44-45-40(27-15-5-2-6-16-27)43-41(46-44)31-20-10-12-22-37(31)49-43/h1-25H. The first kappa shape index (κ1) is 26.7.